The minimum Gasteiger partial charge on any atom is -0.375 e. The highest BCUT2D eigenvalue weighted by Gasteiger charge is 2.10. The van der Waals surface area contributed by atoms with Gasteiger partial charge >= 0.3 is 0 Å². The minimum atomic E-state index is -0.0813. The lowest BCUT2D eigenvalue weighted by molar-refractivity contribution is -0.124. The molecule has 0 spiro atoms. The Bertz CT molecular complexity index is 666. The maximum Gasteiger partial charge on any atom is 0.245 e. The molecule has 2 rings (SSSR count). The first-order valence-corrected chi connectivity index (χ1v) is 9.96. The Hall–Kier alpha value is -1.88. The van der Waals surface area contributed by atoms with Crippen molar-refractivity contribution in [1.29, 1.82) is 0 Å². The van der Waals surface area contributed by atoms with Crippen LogP contribution in [-0.2, 0) is 22.5 Å². The number of fused-ring (bicyclic) bond motifs is 1. The van der Waals surface area contributed by atoms with Crippen LogP contribution in [0, 0.1) is 0 Å². The van der Waals surface area contributed by atoms with Crippen molar-refractivity contribution in [3.63, 3.8) is 0 Å². The highest BCUT2D eigenvalue weighted by molar-refractivity contribution is 5.77. The monoisotopic (exact) mass is 359 g/mol. The number of carbonyl (C=O) groups excluding carboxylic acids is 1. The van der Waals surface area contributed by atoms with Gasteiger partial charge in [-0.15, -0.1) is 0 Å². The number of hydrogen-bond donors (Lipinski definition) is 1. The predicted molar refractivity (Wildman–Crippen MR) is 106 cm³/mol. The molecule has 1 N–H and O–H groups in total. The SMILES string of the molecule is CCCCCCCCCn1c(CCNC(=O)COC)nc2ccccc21. The molecule has 5 heteroatoms. The highest BCUT2D eigenvalue weighted by atomic mass is 16.5. The Morgan fingerprint density at radius 1 is 1.12 bits per heavy atom. The largest absolute Gasteiger partial charge is 0.375 e. The molecule has 0 aliphatic heterocycles. The van der Waals surface area contributed by atoms with Gasteiger partial charge in [0.2, 0.25) is 5.91 Å². The number of rotatable bonds is 13. The zero-order valence-corrected chi connectivity index (χ0v) is 16.3. The van der Waals surface area contributed by atoms with E-state index < -0.39 is 0 Å². The van der Waals surface area contributed by atoms with E-state index in [0.717, 1.165) is 24.3 Å². The summed E-state index contributed by atoms with van der Waals surface area (Å²) >= 11 is 0. The van der Waals surface area contributed by atoms with E-state index in [9.17, 15) is 4.79 Å². The van der Waals surface area contributed by atoms with Crippen LogP contribution in [0.5, 0.6) is 0 Å². The Labute approximate surface area is 157 Å². The van der Waals surface area contributed by atoms with Gasteiger partial charge in [0, 0.05) is 26.6 Å². The van der Waals surface area contributed by atoms with Crippen molar-refractivity contribution in [3.8, 4) is 0 Å². The number of hydrogen-bond acceptors (Lipinski definition) is 3. The van der Waals surface area contributed by atoms with E-state index >= 15 is 0 Å². The third-order valence-electron chi connectivity index (χ3n) is 4.67. The summed E-state index contributed by atoms with van der Waals surface area (Å²) in [6.07, 6.45) is 9.84. The van der Waals surface area contributed by atoms with E-state index in [0.29, 0.717) is 6.54 Å². The van der Waals surface area contributed by atoms with Crippen LogP contribution in [0.3, 0.4) is 0 Å². The molecule has 5 nitrogen and oxygen atoms in total. The Kier molecular flexibility index (Phi) is 9.18. The summed E-state index contributed by atoms with van der Waals surface area (Å²) in [6, 6.07) is 8.28. The molecule has 1 amide bonds. The summed E-state index contributed by atoms with van der Waals surface area (Å²) in [5.74, 6) is 0.970. The normalized spacial score (nSPS) is 11.2. The number of aromatic nitrogens is 2. The van der Waals surface area contributed by atoms with Crippen LogP contribution in [0.25, 0.3) is 11.0 Å². The van der Waals surface area contributed by atoms with E-state index in [4.69, 9.17) is 9.72 Å². The summed E-state index contributed by atoms with van der Waals surface area (Å²) < 4.78 is 7.17. The molecule has 26 heavy (non-hydrogen) atoms. The van der Waals surface area contributed by atoms with E-state index in [-0.39, 0.29) is 12.5 Å². The van der Waals surface area contributed by atoms with Gasteiger partial charge in [0.1, 0.15) is 12.4 Å². The standard InChI is InChI=1S/C21H33N3O2/c1-3-4-5-6-7-8-11-16-24-19-13-10-9-12-18(19)23-20(24)14-15-22-21(25)17-26-2/h9-10,12-13H,3-8,11,14-17H2,1-2H3,(H,22,25). The molecule has 0 fully saturated rings. The van der Waals surface area contributed by atoms with Crippen LogP contribution in [0.15, 0.2) is 24.3 Å². The number of nitrogens with one attached hydrogen (secondary N) is 1. The molecular weight excluding hydrogens is 326 g/mol. The first-order valence-electron chi connectivity index (χ1n) is 9.96. The minimum absolute atomic E-state index is 0.0813. The van der Waals surface area contributed by atoms with Crippen molar-refractivity contribution in [2.45, 2.75) is 64.8 Å². The lowest BCUT2D eigenvalue weighted by Gasteiger charge is -2.10. The van der Waals surface area contributed by atoms with Gasteiger partial charge in [-0.05, 0) is 18.6 Å². The third kappa shape index (κ3) is 6.45. The molecule has 2 aromatic rings. The van der Waals surface area contributed by atoms with Crippen molar-refractivity contribution >= 4 is 16.9 Å². The molecule has 1 aromatic heterocycles. The number of ether oxygens (including phenoxy) is 1. The molecule has 0 aliphatic carbocycles. The van der Waals surface area contributed by atoms with Crippen molar-refractivity contribution < 1.29 is 9.53 Å². The molecule has 144 valence electrons. The molecule has 0 atom stereocenters. The molecule has 0 radical (unpaired) electrons. The second-order valence-corrected chi connectivity index (χ2v) is 6.82. The first-order chi connectivity index (χ1) is 12.8. The second kappa shape index (κ2) is 11.7. The van der Waals surface area contributed by atoms with Crippen molar-refractivity contribution in [2.24, 2.45) is 0 Å². The van der Waals surface area contributed by atoms with Crippen LogP contribution in [-0.4, -0.2) is 35.7 Å². The van der Waals surface area contributed by atoms with E-state index in [1.54, 1.807) is 0 Å². The fraction of sp³-hybridized carbons (Fsp3) is 0.619. The van der Waals surface area contributed by atoms with E-state index in [1.807, 2.05) is 6.07 Å². The maximum atomic E-state index is 11.5. The quantitative estimate of drug-likeness (QED) is 0.548. The third-order valence-corrected chi connectivity index (χ3v) is 4.67. The number of para-hydroxylation sites is 2. The van der Waals surface area contributed by atoms with Gasteiger partial charge in [0.25, 0.3) is 0 Å². The Morgan fingerprint density at radius 3 is 2.62 bits per heavy atom. The first kappa shape index (κ1) is 20.4. The van der Waals surface area contributed by atoms with E-state index in [2.05, 4.69) is 35.0 Å². The molecule has 0 saturated heterocycles. The number of benzene rings is 1. The summed E-state index contributed by atoms with van der Waals surface area (Å²) in [7, 11) is 1.53. The predicted octanol–water partition coefficient (Wildman–Crippen LogP) is 4.09. The molecule has 0 saturated carbocycles. The topological polar surface area (TPSA) is 56.2 Å². The van der Waals surface area contributed by atoms with Crippen molar-refractivity contribution in [1.82, 2.24) is 14.9 Å². The zero-order valence-electron chi connectivity index (χ0n) is 16.3. The molecule has 1 aromatic carbocycles. The van der Waals surface area contributed by atoms with Crippen molar-refractivity contribution in [3.05, 3.63) is 30.1 Å². The number of amides is 1. The smallest absolute Gasteiger partial charge is 0.245 e. The summed E-state index contributed by atoms with van der Waals surface area (Å²) in [6.45, 7) is 3.94. The number of unbranched alkanes of at least 4 members (excludes halogenated alkanes) is 6. The van der Waals surface area contributed by atoms with Gasteiger partial charge < -0.3 is 14.6 Å². The fourth-order valence-corrected chi connectivity index (χ4v) is 3.29. The average molecular weight is 360 g/mol. The van der Waals surface area contributed by atoms with Crippen LogP contribution in [0.1, 0.15) is 57.7 Å². The van der Waals surface area contributed by atoms with Gasteiger partial charge in [-0.25, -0.2) is 4.98 Å². The number of aryl methyl sites for hydroxylation is 1. The highest BCUT2D eigenvalue weighted by Crippen LogP contribution is 2.18. The summed E-state index contributed by atoms with van der Waals surface area (Å²) in [4.78, 5) is 16.3. The second-order valence-electron chi connectivity index (χ2n) is 6.82. The van der Waals surface area contributed by atoms with Crippen LogP contribution < -0.4 is 5.32 Å². The molecular formula is C21H33N3O2. The lowest BCUT2D eigenvalue weighted by Crippen LogP contribution is -2.29. The van der Waals surface area contributed by atoms with Crippen LogP contribution >= 0.6 is 0 Å². The summed E-state index contributed by atoms with van der Waals surface area (Å²) in [5.41, 5.74) is 2.23. The van der Waals surface area contributed by atoms with Crippen LogP contribution in [0.4, 0.5) is 0 Å². The molecule has 0 bridgehead atoms. The summed E-state index contributed by atoms with van der Waals surface area (Å²) in [5, 5.41) is 2.88. The Balaban J connectivity index is 1.89. The number of carbonyl (C=O) groups is 1. The molecule has 0 aliphatic rings. The van der Waals surface area contributed by atoms with E-state index in [1.165, 1.54) is 57.6 Å². The number of imidazole rings is 1. The van der Waals surface area contributed by atoms with Gasteiger partial charge in [0.05, 0.1) is 11.0 Å². The average Bonchev–Trinajstić information content (AvgIpc) is 2.99. The van der Waals surface area contributed by atoms with Gasteiger partial charge in [-0.3, -0.25) is 4.79 Å². The van der Waals surface area contributed by atoms with Gasteiger partial charge in [0.15, 0.2) is 0 Å². The number of methoxy groups -OCH3 is 1. The zero-order chi connectivity index (χ0) is 18.6. The maximum absolute atomic E-state index is 11.5. The van der Waals surface area contributed by atoms with Crippen LogP contribution in [0.2, 0.25) is 0 Å². The fourth-order valence-electron chi connectivity index (χ4n) is 3.29. The van der Waals surface area contributed by atoms with Gasteiger partial charge in [-0.1, -0.05) is 57.6 Å². The van der Waals surface area contributed by atoms with Crippen molar-refractivity contribution in [2.75, 3.05) is 20.3 Å². The lowest BCUT2D eigenvalue weighted by atomic mass is 10.1. The Morgan fingerprint density at radius 2 is 1.85 bits per heavy atom. The molecule has 1 heterocycles. The number of nitrogens with zero attached hydrogens (tertiary/aromatic N) is 2. The molecule has 0 unspecified atom stereocenters. The van der Waals surface area contributed by atoms with Gasteiger partial charge in [-0.2, -0.15) is 0 Å².